The maximum atomic E-state index is 9.83. The van der Waals surface area contributed by atoms with Gasteiger partial charge in [-0.15, -0.1) is 0 Å². The van der Waals surface area contributed by atoms with Gasteiger partial charge in [-0.05, 0) is 24.2 Å². The van der Waals surface area contributed by atoms with Crippen LogP contribution < -0.4 is 0 Å². The summed E-state index contributed by atoms with van der Waals surface area (Å²) < 4.78 is 0. The molecule has 2 saturated carbocycles. The minimum Gasteiger partial charge on any atom is -0.390 e. The molecule has 2 heteroatoms. The van der Waals surface area contributed by atoms with Gasteiger partial charge in [0, 0.05) is 5.41 Å². The molecule has 0 saturated heterocycles. The van der Waals surface area contributed by atoms with Crippen LogP contribution in [0.5, 0.6) is 0 Å². The van der Waals surface area contributed by atoms with Gasteiger partial charge in [-0.3, -0.25) is 0 Å². The molecule has 2 aliphatic rings. The average molecular weight is 170 g/mol. The van der Waals surface area contributed by atoms with Crippen LogP contribution in [0.1, 0.15) is 33.6 Å². The lowest BCUT2D eigenvalue weighted by atomic mass is 9.70. The fourth-order valence-corrected chi connectivity index (χ4v) is 3.29. The third-order valence-electron chi connectivity index (χ3n) is 4.76. The molecule has 2 rings (SSSR count). The molecule has 0 aliphatic heterocycles. The van der Waals surface area contributed by atoms with Crippen LogP contribution in [0.15, 0.2) is 0 Å². The van der Waals surface area contributed by atoms with E-state index in [-0.39, 0.29) is 10.8 Å². The SMILES string of the molecule is CC1(C)C2CC[C@@]1(C)C(O)C2O. The summed E-state index contributed by atoms with van der Waals surface area (Å²) in [4.78, 5) is 0. The predicted octanol–water partition coefficient (Wildman–Crippen LogP) is 1.16. The van der Waals surface area contributed by atoms with Crippen molar-refractivity contribution in [1.29, 1.82) is 0 Å². The Kier molecular flexibility index (Phi) is 1.45. The normalized spacial score (nSPS) is 56.2. The lowest BCUT2D eigenvalue weighted by Gasteiger charge is -2.36. The molecule has 12 heavy (non-hydrogen) atoms. The number of aliphatic hydroxyl groups excluding tert-OH is 2. The highest BCUT2D eigenvalue weighted by Gasteiger charge is 2.65. The molecule has 3 unspecified atom stereocenters. The van der Waals surface area contributed by atoms with E-state index in [4.69, 9.17) is 0 Å². The minimum atomic E-state index is -0.508. The number of rotatable bonds is 0. The average Bonchev–Trinajstić information content (AvgIpc) is 2.26. The summed E-state index contributed by atoms with van der Waals surface area (Å²) in [5.41, 5.74) is 0.0446. The summed E-state index contributed by atoms with van der Waals surface area (Å²) in [6, 6.07) is 0. The molecule has 2 fully saturated rings. The van der Waals surface area contributed by atoms with Crippen molar-refractivity contribution < 1.29 is 10.2 Å². The quantitative estimate of drug-likeness (QED) is 0.573. The molecule has 0 aromatic carbocycles. The summed E-state index contributed by atoms with van der Waals surface area (Å²) in [6.07, 6.45) is 1.13. The van der Waals surface area contributed by atoms with Crippen LogP contribution in [-0.2, 0) is 0 Å². The third kappa shape index (κ3) is 0.647. The van der Waals surface area contributed by atoms with E-state index in [0.717, 1.165) is 12.8 Å². The molecule has 2 nitrogen and oxygen atoms in total. The van der Waals surface area contributed by atoms with E-state index < -0.39 is 12.2 Å². The molecule has 2 N–H and O–H groups in total. The fourth-order valence-electron chi connectivity index (χ4n) is 3.29. The van der Waals surface area contributed by atoms with Gasteiger partial charge in [0.2, 0.25) is 0 Å². The van der Waals surface area contributed by atoms with E-state index in [1.54, 1.807) is 0 Å². The minimum absolute atomic E-state index is 0.0584. The van der Waals surface area contributed by atoms with E-state index in [0.29, 0.717) is 5.92 Å². The second-order valence-corrected chi connectivity index (χ2v) is 5.22. The summed E-state index contributed by atoms with van der Waals surface area (Å²) in [6.45, 7) is 6.45. The Balaban J connectivity index is 2.44. The van der Waals surface area contributed by atoms with Gasteiger partial charge >= 0.3 is 0 Å². The first kappa shape index (κ1) is 8.52. The van der Waals surface area contributed by atoms with E-state index >= 15 is 0 Å². The Bertz CT molecular complexity index is 212. The Hall–Kier alpha value is -0.0800. The van der Waals surface area contributed by atoms with Gasteiger partial charge in [0.25, 0.3) is 0 Å². The molecule has 0 heterocycles. The topological polar surface area (TPSA) is 40.5 Å². The van der Waals surface area contributed by atoms with Crippen LogP contribution in [0, 0.1) is 16.7 Å². The summed E-state index contributed by atoms with van der Waals surface area (Å²) in [7, 11) is 0. The van der Waals surface area contributed by atoms with Crippen molar-refractivity contribution in [3.8, 4) is 0 Å². The number of aliphatic hydroxyl groups is 2. The zero-order valence-electron chi connectivity index (χ0n) is 8.04. The van der Waals surface area contributed by atoms with E-state index in [2.05, 4.69) is 20.8 Å². The standard InChI is InChI=1S/C10H18O2/c1-9(2)6-4-5-10(9,3)8(12)7(6)11/h6-8,11-12H,4-5H2,1-3H3/t6?,7?,8?,10-/m0/s1. The molecule has 2 bridgehead atoms. The lowest BCUT2D eigenvalue weighted by Crippen LogP contribution is -2.39. The van der Waals surface area contributed by atoms with E-state index in [1.807, 2.05) is 0 Å². The zero-order valence-corrected chi connectivity index (χ0v) is 8.04. The predicted molar refractivity (Wildman–Crippen MR) is 46.6 cm³/mol. The van der Waals surface area contributed by atoms with Crippen molar-refractivity contribution in [2.24, 2.45) is 16.7 Å². The van der Waals surface area contributed by atoms with Crippen LogP contribution >= 0.6 is 0 Å². The lowest BCUT2D eigenvalue weighted by molar-refractivity contribution is -0.0508. The Morgan fingerprint density at radius 2 is 1.75 bits per heavy atom. The Labute approximate surface area is 73.6 Å². The monoisotopic (exact) mass is 170 g/mol. The molecule has 0 amide bonds. The highest BCUT2D eigenvalue weighted by molar-refractivity contribution is 5.14. The van der Waals surface area contributed by atoms with Gasteiger partial charge in [-0.2, -0.15) is 0 Å². The van der Waals surface area contributed by atoms with Crippen LogP contribution in [-0.4, -0.2) is 22.4 Å². The van der Waals surface area contributed by atoms with Gasteiger partial charge in [0.15, 0.2) is 0 Å². The Morgan fingerprint density at radius 3 is 2.00 bits per heavy atom. The molecule has 0 aromatic heterocycles. The maximum Gasteiger partial charge on any atom is 0.0860 e. The molecule has 0 radical (unpaired) electrons. The Morgan fingerprint density at radius 1 is 1.17 bits per heavy atom. The first-order chi connectivity index (χ1) is 5.41. The van der Waals surface area contributed by atoms with Crippen molar-refractivity contribution in [2.45, 2.75) is 45.8 Å². The fraction of sp³-hybridized carbons (Fsp3) is 1.00. The second kappa shape index (κ2) is 2.05. The number of hydrogen-bond acceptors (Lipinski definition) is 2. The maximum absolute atomic E-state index is 9.83. The zero-order chi connectivity index (χ0) is 9.15. The van der Waals surface area contributed by atoms with Gasteiger partial charge < -0.3 is 10.2 Å². The van der Waals surface area contributed by atoms with Crippen LogP contribution in [0.4, 0.5) is 0 Å². The smallest absolute Gasteiger partial charge is 0.0860 e. The van der Waals surface area contributed by atoms with E-state index in [1.165, 1.54) is 0 Å². The molecule has 4 atom stereocenters. The van der Waals surface area contributed by atoms with Crippen molar-refractivity contribution in [3.63, 3.8) is 0 Å². The summed E-state index contributed by atoms with van der Waals surface area (Å²) >= 11 is 0. The van der Waals surface area contributed by atoms with Crippen LogP contribution in [0.3, 0.4) is 0 Å². The van der Waals surface area contributed by atoms with Crippen molar-refractivity contribution in [1.82, 2.24) is 0 Å². The van der Waals surface area contributed by atoms with Gasteiger partial charge in [-0.25, -0.2) is 0 Å². The van der Waals surface area contributed by atoms with Crippen LogP contribution in [0.25, 0.3) is 0 Å². The third-order valence-corrected chi connectivity index (χ3v) is 4.76. The largest absolute Gasteiger partial charge is 0.390 e. The molecule has 2 aliphatic carbocycles. The first-order valence-electron chi connectivity index (χ1n) is 4.77. The molecule has 0 spiro atoms. The molecular weight excluding hydrogens is 152 g/mol. The number of fused-ring (bicyclic) bond motifs is 2. The van der Waals surface area contributed by atoms with Crippen molar-refractivity contribution in [3.05, 3.63) is 0 Å². The van der Waals surface area contributed by atoms with Crippen LogP contribution in [0.2, 0.25) is 0 Å². The highest BCUT2D eigenvalue weighted by atomic mass is 16.3. The molecule has 70 valence electrons. The van der Waals surface area contributed by atoms with Gasteiger partial charge in [-0.1, -0.05) is 20.8 Å². The van der Waals surface area contributed by atoms with E-state index in [9.17, 15) is 10.2 Å². The first-order valence-corrected chi connectivity index (χ1v) is 4.77. The second-order valence-electron chi connectivity index (χ2n) is 5.22. The highest BCUT2D eigenvalue weighted by Crippen LogP contribution is 2.65. The van der Waals surface area contributed by atoms with Crippen molar-refractivity contribution >= 4 is 0 Å². The van der Waals surface area contributed by atoms with Crippen molar-refractivity contribution in [2.75, 3.05) is 0 Å². The van der Waals surface area contributed by atoms with Gasteiger partial charge in [0.05, 0.1) is 12.2 Å². The number of hydrogen-bond donors (Lipinski definition) is 2. The molecular formula is C10H18O2. The molecule has 0 aromatic rings. The van der Waals surface area contributed by atoms with Gasteiger partial charge in [0.1, 0.15) is 0 Å². The summed E-state index contributed by atoms with van der Waals surface area (Å²) in [5.74, 6) is 0.303. The summed E-state index contributed by atoms with van der Waals surface area (Å²) in [5, 5.41) is 19.6.